The number of carbonyl (C=O) groups is 1. The predicted octanol–water partition coefficient (Wildman–Crippen LogP) is 0.956. The molecule has 1 N–H and O–H groups in total. The Kier molecular flexibility index (Phi) is 2.06. The van der Waals surface area contributed by atoms with Gasteiger partial charge >= 0.3 is 5.97 Å². The maximum Gasteiger partial charge on any atom is 0.313 e. The summed E-state index contributed by atoms with van der Waals surface area (Å²) in [5.41, 5.74) is 1.37. The minimum Gasteiger partial charge on any atom is -0.481 e. The first-order valence-electron chi connectivity index (χ1n) is 5.05. The zero-order chi connectivity index (χ0) is 11.2. The van der Waals surface area contributed by atoms with Gasteiger partial charge in [-0.15, -0.1) is 5.10 Å². The van der Waals surface area contributed by atoms with Crippen LogP contribution in [0.3, 0.4) is 0 Å². The van der Waals surface area contributed by atoms with Crippen LogP contribution in [-0.2, 0) is 18.3 Å². The second kappa shape index (κ2) is 3.05. The smallest absolute Gasteiger partial charge is 0.313 e. The van der Waals surface area contributed by atoms with Crippen LogP contribution < -0.4 is 0 Å². The first kappa shape index (κ1) is 10.1. The molecule has 0 radical (unpaired) electrons. The van der Waals surface area contributed by atoms with Crippen molar-refractivity contribution in [3.05, 3.63) is 11.4 Å². The zero-order valence-electron chi connectivity index (χ0n) is 9.19. The number of aromatic nitrogens is 3. The van der Waals surface area contributed by atoms with Gasteiger partial charge in [-0.05, 0) is 18.3 Å². The van der Waals surface area contributed by atoms with Gasteiger partial charge in [0.25, 0.3) is 0 Å². The molecule has 5 heteroatoms. The molecule has 0 bridgehead atoms. The molecule has 0 saturated carbocycles. The topological polar surface area (TPSA) is 68.0 Å². The standard InChI is InChI=1S/C10H15N3O2/c1-10(2)5-4-6-8(7(10)9(14)15)13(3)12-11-6/h7H,4-5H2,1-3H3,(H,14,15). The molecule has 0 aromatic carbocycles. The number of aliphatic carboxylic acids is 1. The number of aryl methyl sites for hydroxylation is 2. The molecule has 1 aromatic rings. The van der Waals surface area contributed by atoms with Gasteiger partial charge in [-0.3, -0.25) is 9.48 Å². The van der Waals surface area contributed by atoms with Gasteiger partial charge < -0.3 is 5.11 Å². The molecule has 82 valence electrons. The molecule has 0 saturated heterocycles. The van der Waals surface area contributed by atoms with E-state index in [-0.39, 0.29) is 5.41 Å². The Morgan fingerprint density at radius 2 is 2.27 bits per heavy atom. The van der Waals surface area contributed by atoms with Crippen LogP contribution in [0.15, 0.2) is 0 Å². The Balaban J connectivity index is 2.56. The van der Waals surface area contributed by atoms with E-state index in [1.807, 2.05) is 13.8 Å². The van der Waals surface area contributed by atoms with Crippen molar-refractivity contribution in [2.75, 3.05) is 0 Å². The average molecular weight is 209 g/mol. The van der Waals surface area contributed by atoms with Crippen LogP contribution in [0.25, 0.3) is 0 Å². The Labute approximate surface area is 88.1 Å². The molecule has 1 heterocycles. The van der Waals surface area contributed by atoms with Crippen molar-refractivity contribution < 1.29 is 9.90 Å². The van der Waals surface area contributed by atoms with Gasteiger partial charge in [0.15, 0.2) is 0 Å². The van der Waals surface area contributed by atoms with Gasteiger partial charge in [0.2, 0.25) is 0 Å². The van der Waals surface area contributed by atoms with Gasteiger partial charge in [0.05, 0.1) is 11.4 Å². The van der Waals surface area contributed by atoms with Crippen molar-refractivity contribution in [1.82, 2.24) is 15.0 Å². The summed E-state index contributed by atoms with van der Waals surface area (Å²) in [6.07, 6.45) is 1.66. The van der Waals surface area contributed by atoms with E-state index in [9.17, 15) is 9.90 Å². The van der Waals surface area contributed by atoms with Crippen LogP contribution >= 0.6 is 0 Å². The van der Waals surface area contributed by atoms with E-state index in [2.05, 4.69) is 10.3 Å². The molecule has 2 rings (SSSR count). The normalized spacial score (nSPS) is 23.5. The van der Waals surface area contributed by atoms with Crippen LogP contribution in [0.4, 0.5) is 0 Å². The van der Waals surface area contributed by atoms with E-state index in [4.69, 9.17) is 0 Å². The lowest BCUT2D eigenvalue weighted by atomic mass is 9.69. The third kappa shape index (κ3) is 1.42. The lowest BCUT2D eigenvalue weighted by Gasteiger charge is -2.35. The van der Waals surface area contributed by atoms with Crippen molar-refractivity contribution >= 4 is 5.97 Å². The highest BCUT2D eigenvalue weighted by Crippen LogP contribution is 2.44. The van der Waals surface area contributed by atoms with Crippen LogP contribution in [0.5, 0.6) is 0 Å². The zero-order valence-corrected chi connectivity index (χ0v) is 9.19. The maximum absolute atomic E-state index is 11.3. The van der Waals surface area contributed by atoms with E-state index >= 15 is 0 Å². The minimum absolute atomic E-state index is 0.228. The highest BCUT2D eigenvalue weighted by molar-refractivity contribution is 5.77. The fourth-order valence-electron chi connectivity index (χ4n) is 2.35. The highest BCUT2D eigenvalue weighted by atomic mass is 16.4. The molecule has 1 aliphatic carbocycles. The maximum atomic E-state index is 11.3. The molecule has 1 aromatic heterocycles. The molecule has 1 aliphatic rings. The van der Waals surface area contributed by atoms with Gasteiger partial charge in [0, 0.05) is 7.05 Å². The fraction of sp³-hybridized carbons (Fsp3) is 0.700. The van der Waals surface area contributed by atoms with E-state index in [1.165, 1.54) is 0 Å². The second-order valence-corrected chi connectivity index (χ2v) is 4.80. The largest absolute Gasteiger partial charge is 0.481 e. The molecule has 1 atom stereocenters. The summed E-state index contributed by atoms with van der Waals surface area (Å²) in [5, 5.41) is 17.2. The van der Waals surface area contributed by atoms with Crippen LogP contribution in [0, 0.1) is 5.41 Å². The molecule has 0 spiro atoms. The third-order valence-electron chi connectivity index (χ3n) is 3.25. The van der Waals surface area contributed by atoms with E-state index in [0.717, 1.165) is 24.2 Å². The Bertz CT molecular complexity index is 409. The summed E-state index contributed by atoms with van der Waals surface area (Å²) < 4.78 is 1.59. The van der Waals surface area contributed by atoms with Crippen molar-refractivity contribution in [2.45, 2.75) is 32.6 Å². The number of hydrogen-bond donors (Lipinski definition) is 1. The van der Waals surface area contributed by atoms with Crippen molar-refractivity contribution in [2.24, 2.45) is 12.5 Å². The summed E-state index contributed by atoms with van der Waals surface area (Å²) in [6.45, 7) is 3.98. The van der Waals surface area contributed by atoms with E-state index < -0.39 is 11.9 Å². The van der Waals surface area contributed by atoms with Crippen molar-refractivity contribution in [1.29, 1.82) is 0 Å². The molecule has 0 fully saturated rings. The number of carboxylic acids is 1. The number of fused-ring (bicyclic) bond motifs is 1. The summed E-state index contributed by atoms with van der Waals surface area (Å²) >= 11 is 0. The van der Waals surface area contributed by atoms with Crippen LogP contribution in [0.1, 0.15) is 37.6 Å². The quantitative estimate of drug-likeness (QED) is 0.747. The molecule has 5 nitrogen and oxygen atoms in total. The van der Waals surface area contributed by atoms with Gasteiger partial charge in [-0.25, -0.2) is 0 Å². The number of carboxylic acid groups (broad SMARTS) is 1. The lowest BCUT2D eigenvalue weighted by Crippen LogP contribution is -2.35. The Hall–Kier alpha value is -1.39. The lowest BCUT2D eigenvalue weighted by molar-refractivity contribution is -0.142. The molecule has 0 amide bonds. The summed E-state index contributed by atoms with van der Waals surface area (Å²) in [4.78, 5) is 11.3. The average Bonchev–Trinajstić information content (AvgIpc) is 2.46. The molecule has 1 unspecified atom stereocenters. The van der Waals surface area contributed by atoms with Crippen molar-refractivity contribution in [3.8, 4) is 0 Å². The first-order chi connectivity index (χ1) is 6.93. The number of hydrogen-bond acceptors (Lipinski definition) is 3. The van der Waals surface area contributed by atoms with Crippen molar-refractivity contribution in [3.63, 3.8) is 0 Å². The van der Waals surface area contributed by atoms with E-state index in [0.29, 0.717) is 0 Å². The monoisotopic (exact) mass is 209 g/mol. The Morgan fingerprint density at radius 1 is 1.60 bits per heavy atom. The minimum atomic E-state index is -0.786. The number of nitrogens with zero attached hydrogens (tertiary/aromatic N) is 3. The molecule has 15 heavy (non-hydrogen) atoms. The predicted molar refractivity (Wildman–Crippen MR) is 53.5 cm³/mol. The summed E-state index contributed by atoms with van der Waals surface area (Å²) in [7, 11) is 1.75. The van der Waals surface area contributed by atoms with Gasteiger partial charge in [-0.2, -0.15) is 0 Å². The molecule has 0 aliphatic heterocycles. The van der Waals surface area contributed by atoms with Gasteiger partial charge in [-0.1, -0.05) is 19.1 Å². The summed E-state index contributed by atoms with van der Waals surface area (Å²) in [6, 6.07) is 0. The molecular formula is C10H15N3O2. The fourth-order valence-corrected chi connectivity index (χ4v) is 2.35. The van der Waals surface area contributed by atoms with E-state index in [1.54, 1.807) is 11.7 Å². The van der Waals surface area contributed by atoms with Gasteiger partial charge in [0.1, 0.15) is 5.92 Å². The third-order valence-corrected chi connectivity index (χ3v) is 3.25. The number of rotatable bonds is 1. The highest BCUT2D eigenvalue weighted by Gasteiger charge is 2.43. The Morgan fingerprint density at radius 3 is 2.87 bits per heavy atom. The van der Waals surface area contributed by atoms with Crippen LogP contribution in [0.2, 0.25) is 0 Å². The SMILES string of the molecule is Cn1nnc2c1C(C(=O)O)C(C)(C)CC2. The molecular weight excluding hydrogens is 194 g/mol. The summed E-state index contributed by atoms with van der Waals surface area (Å²) in [5.74, 6) is -1.28. The first-order valence-corrected chi connectivity index (χ1v) is 5.05. The second-order valence-electron chi connectivity index (χ2n) is 4.80. The van der Waals surface area contributed by atoms with Crippen LogP contribution in [-0.4, -0.2) is 26.1 Å².